The van der Waals surface area contributed by atoms with Crippen LogP contribution in [0.2, 0.25) is 0 Å². The highest BCUT2D eigenvalue weighted by Gasteiger charge is 2.41. The molecule has 1 N–H and O–H groups in total. The number of rotatable bonds is 8. The van der Waals surface area contributed by atoms with Gasteiger partial charge in [-0.15, -0.1) is 0 Å². The molecule has 0 bridgehead atoms. The molecule has 0 saturated carbocycles. The van der Waals surface area contributed by atoms with E-state index in [1.807, 2.05) is 24.4 Å². The summed E-state index contributed by atoms with van der Waals surface area (Å²) in [5.41, 5.74) is 2.12. The molecule has 0 unspecified atom stereocenters. The first-order valence-corrected chi connectivity index (χ1v) is 10.9. The van der Waals surface area contributed by atoms with Crippen molar-refractivity contribution in [3.8, 4) is 0 Å². The minimum Gasteiger partial charge on any atom is -0.469 e. The van der Waals surface area contributed by atoms with Crippen LogP contribution in [0.5, 0.6) is 0 Å². The highest BCUT2D eigenvalue weighted by atomic mass is 32.1. The van der Waals surface area contributed by atoms with Crippen molar-refractivity contribution in [2.75, 3.05) is 20.3 Å². The number of nitrogens with one attached hydrogen (secondary N) is 1. The van der Waals surface area contributed by atoms with Crippen LogP contribution in [0.1, 0.15) is 49.2 Å². The second-order valence-electron chi connectivity index (χ2n) is 7.72. The maximum absolute atomic E-state index is 11.6. The van der Waals surface area contributed by atoms with Gasteiger partial charge in [-0.3, -0.25) is 9.78 Å². The third-order valence-electron chi connectivity index (χ3n) is 5.80. The van der Waals surface area contributed by atoms with E-state index in [4.69, 9.17) is 21.7 Å². The minimum absolute atomic E-state index is 0.0125. The molecular formula is C22H28N4O3S. The number of pyridine rings is 1. The Bertz CT molecular complexity index is 866. The summed E-state index contributed by atoms with van der Waals surface area (Å²) in [5.74, 6) is -0.201. The Hall–Kier alpha value is -2.45. The Balaban J connectivity index is 1.61. The molecule has 2 aromatic rings. The standard InChI is InChI=1S/C22H28N4O3S/c1-28-19(27)10-5-13-26-21(20(24-22(26)30)17-8-2-3-11-23-17)18-9-4-12-25(18)15-16-7-6-14-29-16/h2-4,8-9,11-12,16,20-21H,5-7,10,13-15H2,1H3,(H,24,30)/t16-,20-,21+/m0/s1. The lowest BCUT2D eigenvalue weighted by Crippen LogP contribution is -2.32. The molecule has 30 heavy (non-hydrogen) atoms. The number of aromatic nitrogens is 2. The molecule has 0 aromatic carbocycles. The average molecular weight is 429 g/mol. The largest absolute Gasteiger partial charge is 0.469 e. The molecule has 7 nitrogen and oxygen atoms in total. The van der Waals surface area contributed by atoms with Crippen LogP contribution in [0.3, 0.4) is 0 Å². The normalized spacial score (nSPS) is 23.6. The monoisotopic (exact) mass is 428 g/mol. The topological polar surface area (TPSA) is 68.6 Å². The fraction of sp³-hybridized carbons (Fsp3) is 0.500. The summed E-state index contributed by atoms with van der Waals surface area (Å²) in [6.07, 6.45) is 7.42. The van der Waals surface area contributed by atoms with Gasteiger partial charge in [-0.05, 0) is 55.7 Å². The molecule has 4 rings (SSSR count). The predicted molar refractivity (Wildman–Crippen MR) is 117 cm³/mol. The molecule has 0 radical (unpaired) electrons. The predicted octanol–water partition coefficient (Wildman–Crippen LogP) is 2.99. The molecule has 160 valence electrons. The van der Waals surface area contributed by atoms with Gasteiger partial charge >= 0.3 is 5.97 Å². The molecule has 2 saturated heterocycles. The van der Waals surface area contributed by atoms with E-state index in [1.165, 1.54) is 12.8 Å². The van der Waals surface area contributed by atoms with Crippen LogP contribution in [-0.2, 0) is 20.8 Å². The second kappa shape index (κ2) is 9.57. The van der Waals surface area contributed by atoms with Crippen molar-refractivity contribution in [1.29, 1.82) is 0 Å². The van der Waals surface area contributed by atoms with Crippen LogP contribution in [-0.4, -0.2) is 51.9 Å². The number of carbonyl (C=O) groups excluding carboxylic acids is 1. The Morgan fingerprint density at radius 2 is 2.27 bits per heavy atom. The van der Waals surface area contributed by atoms with E-state index in [0.29, 0.717) is 24.5 Å². The van der Waals surface area contributed by atoms with Gasteiger partial charge in [-0.25, -0.2) is 0 Å². The SMILES string of the molecule is COC(=O)CCCN1C(=S)N[C@@H](c2ccccn2)[C@H]1c1cccn1C[C@@H]1CCCO1. The third kappa shape index (κ3) is 4.49. The lowest BCUT2D eigenvalue weighted by atomic mass is 10.0. The number of thiocarbonyl (C=S) groups is 1. The van der Waals surface area contributed by atoms with Gasteiger partial charge in [-0.1, -0.05) is 6.07 Å². The third-order valence-corrected chi connectivity index (χ3v) is 6.15. The van der Waals surface area contributed by atoms with Gasteiger partial charge in [0.2, 0.25) is 0 Å². The van der Waals surface area contributed by atoms with Gasteiger partial charge in [0.15, 0.2) is 5.11 Å². The smallest absolute Gasteiger partial charge is 0.305 e. The zero-order valence-corrected chi connectivity index (χ0v) is 18.0. The number of methoxy groups -OCH3 is 1. The van der Waals surface area contributed by atoms with Crippen LogP contribution >= 0.6 is 12.2 Å². The van der Waals surface area contributed by atoms with Gasteiger partial charge in [-0.2, -0.15) is 0 Å². The van der Waals surface area contributed by atoms with Crippen LogP contribution in [0.4, 0.5) is 0 Å². The highest BCUT2D eigenvalue weighted by molar-refractivity contribution is 7.80. The first-order chi connectivity index (χ1) is 14.7. The van der Waals surface area contributed by atoms with E-state index in [2.05, 4.69) is 38.1 Å². The average Bonchev–Trinajstić information content (AvgIpc) is 3.50. The molecule has 2 aliphatic heterocycles. The summed E-state index contributed by atoms with van der Waals surface area (Å²) < 4.78 is 12.9. The van der Waals surface area contributed by atoms with Crippen molar-refractivity contribution >= 4 is 23.3 Å². The van der Waals surface area contributed by atoms with Crippen LogP contribution in [0, 0.1) is 0 Å². The van der Waals surface area contributed by atoms with E-state index >= 15 is 0 Å². The Labute approximate surface area is 182 Å². The van der Waals surface area contributed by atoms with E-state index in [-0.39, 0.29) is 24.2 Å². The molecule has 0 amide bonds. The molecule has 0 aliphatic carbocycles. The van der Waals surface area contributed by atoms with Crippen molar-refractivity contribution in [3.05, 3.63) is 54.1 Å². The summed E-state index contributed by atoms with van der Waals surface area (Å²) in [4.78, 5) is 18.4. The molecule has 2 fully saturated rings. The van der Waals surface area contributed by atoms with Crippen molar-refractivity contribution in [2.24, 2.45) is 0 Å². The highest BCUT2D eigenvalue weighted by Crippen LogP contribution is 2.39. The maximum atomic E-state index is 11.6. The van der Waals surface area contributed by atoms with E-state index in [9.17, 15) is 4.79 Å². The Morgan fingerprint density at radius 1 is 1.37 bits per heavy atom. The molecule has 4 heterocycles. The van der Waals surface area contributed by atoms with Crippen molar-refractivity contribution in [3.63, 3.8) is 0 Å². The van der Waals surface area contributed by atoms with E-state index in [0.717, 1.165) is 31.7 Å². The summed E-state index contributed by atoms with van der Waals surface area (Å²) in [6, 6.07) is 10.1. The maximum Gasteiger partial charge on any atom is 0.305 e. The Morgan fingerprint density at radius 3 is 3.00 bits per heavy atom. The lowest BCUT2D eigenvalue weighted by molar-refractivity contribution is -0.140. The van der Waals surface area contributed by atoms with Crippen molar-refractivity contribution < 1.29 is 14.3 Å². The van der Waals surface area contributed by atoms with Gasteiger partial charge in [0, 0.05) is 44.2 Å². The molecule has 3 atom stereocenters. The zero-order valence-electron chi connectivity index (χ0n) is 17.2. The van der Waals surface area contributed by atoms with Crippen LogP contribution in [0.25, 0.3) is 0 Å². The van der Waals surface area contributed by atoms with E-state index < -0.39 is 0 Å². The van der Waals surface area contributed by atoms with E-state index in [1.54, 1.807) is 0 Å². The fourth-order valence-corrected chi connectivity index (χ4v) is 4.67. The minimum atomic E-state index is -0.201. The Kier molecular flexibility index (Phi) is 6.64. The van der Waals surface area contributed by atoms with Gasteiger partial charge < -0.3 is 24.3 Å². The van der Waals surface area contributed by atoms with Gasteiger partial charge in [0.25, 0.3) is 0 Å². The molecular weight excluding hydrogens is 400 g/mol. The number of nitrogens with zero attached hydrogens (tertiary/aromatic N) is 3. The number of carbonyl (C=O) groups is 1. The fourth-order valence-electron chi connectivity index (χ4n) is 4.33. The second-order valence-corrected chi connectivity index (χ2v) is 8.11. The van der Waals surface area contributed by atoms with Gasteiger partial charge in [0.1, 0.15) is 0 Å². The van der Waals surface area contributed by atoms with Crippen LogP contribution < -0.4 is 5.32 Å². The number of esters is 1. The number of hydrogen-bond donors (Lipinski definition) is 1. The van der Waals surface area contributed by atoms with Crippen LogP contribution in [0.15, 0.2) is 42.7 Å². The first kappa shape index (κ1) is 20.8. The summed E-state index contributed by atoms with van der Waals surface area (Å²) in [6.45, 7) is 2.34. The quantitative estimate of drug-likeness (QED) is 0.512. The lowest BCUT2D eigenvalue weighted by Gasteiger charge is -2.29. The van der Waals surface area contributed by atoms with Gasteiger partial charge in [0.05, 0.1) is 31.0 Å². The van der Waals surface area contributed by atoms with Crippen molar-refractivity contribution in [1.82, 2.24) is 19.8 Å². The number of hydrogen-bond acceptors (Lipinski definition) is 5. The summed E-state index contributed by atoms with van der Waals surface area (Å²) >= 11 is 5.70. The molecule has 0 spiro atoms. The molecule has 2 aliphatic rings. The summed E-state index contributed by atoms with van der Waals surface area (Å²) in [5, 5.41) is 4.15. The zero-order chi connectivity index (χ0) is 20.9. The molecule has 8 heteroatoms. The summed E-state index contributed by atoms with van der Waals surface area (Å²) in [7, 11) is 1.42. The van der Waals surface area contributed by atoms with Crippen molar-refractivity contribution in [2.45, 2.75) is 50.4 Å². The first-order valence-electron chi connectivity index (χ1n) is 10.5. The molecule has 2 aromatic heterocycles. The number of ether oxygens (including phenoxy) is 2.